The Morgan fingerprint density at radius 2 is 1.20 bits per heavy atom. The fraction of sp³-hybridized carbons (Fsp3) is 0.143. The van der Waals surface area contributed by atoms with E-state index in [-0.39, 0.29) is 0 Å². The zero-order valence-electron chi connectivity index (χ0n) is 10.3. The van der Waals surface area contributed by atoms with Crippen LogP contribution in [0.5, 0.6) is 0 Å². The highest BCUT2D eigenvalue weighted by atomic mass is 35.6. The van der Waals surface area contributed by atoms with Gasteiger partial charge in [0.1, 0.15) is 0 Å². The fourth-order valence-corrected chi connectivity index (χ4v) is 5.68. The van der Waals surface area contributed by atoms with Crippen molar-refractivity contribution in [1.29, 1.82) is 0 Å². The minimum Gasteiger partial charge on any atom is -0.380 e. The molecule has 0 aliphatic rings. The van der Waals surface area contributed by atoms with Gasteiger partial charge in [0.15, 0.2) is 13.0 Å². The maximum atomic E-state index is 13.5. The summed E-state index contributed by atoms with van der Waals surface area (Å²) >= 11 is 17.3. The van der Waals surface area contributed by atoms with Gasteiger partial charge in [-0.15, -0.1) is 0 Å². The molecule has 106 valence electrons. The lowest BCUT2D eigenvalue weighted by atomic mass is 10.4. The number of alkyl halides is 3. The standard InChI is InChI=1S/C14H12Cl3O2P/c15-14(16,17)13(18)20(19,11-7-3-1-4-8-11)12-9-5-2-6-10-12/h1-10,13,18H/t13-/m1/s1. The van der Waals surface area contributed by atoms with E-state index in [0.29, 0.717) is 10.6 Å². The molecule has 20 heavy (non-hydrogen) atoms. The van der Waals surface area contributed by atoms with E-state index in [1.807, 2.05) is 0 Å². The van der Waals surface area contributed by atoms with Crippen molar-refractivity contribution < 1.29 is 9.67 Å². The van der Waals surface area contributed by atoms with E-state index in [0.717, 1.165) is 0 Å². The van der Waals surface area contributed by atoms with Gasteiger partial charge in [-0.1, -0.05) is 95.5 Å². The Morgan fingerprint density at radius 1 is 0.850 bits per heavy atom. The van der Waals surface area contributed by atoms with E-state index >= 15 is 0 Å². The minimum absolute atomic E-state index is 0.449. The van der Waals surface area contributed by atoms with Gasteiger partial charge in [0.25, 0.3) is 0 Å². The van der Waals surface area contributed by atoms with Gasteiger partial charge in [0, 0.05) is 10.6 Å². The Balaban J connectivity index is 2.65. The van der Waals surface area contributed by atoms with E-state index in [2.05, 4.69) is 0 Å². The van der Waals surface area contributed by atoms with Gasteiger partial charge >= 0.3 is 0 Å². The average Bonchev–Trinajstić information content (AvgIpc) is 2.46. The smallest absolute Gasteiger partial charge is 0.223 e. The molecule has 6 heteroatoms. The van der Waals surface area contributed by atoms with E-state index in [1.165, 1.54) is 0 Å². The van der Waals surface area contributed by atoms with E-state index in [4.69, 9.17) is 34.8 Å². The van der Waals surface area contributed by atoms with Crippen LogP contribution in [0.3, 0.4) is 0 Å². The zero-order valence-corrected chi connectivity index (χ0v) is 13.4. The maximum absolute atomic E-state index is 13.5. The highest BCUT2D eigenvalue weighted by Gasteiger charge is 2.47. The molecular formula is C14H12Cl3O2P. The molecule has 0 amide bonds. The van der Waals surface area contributed by atoms with Gasteiger partial charge < -0.3 is 9.67 Å². The van der Waals surface area contributed by atoms with Crippen molar-refractivity contribution >= 4 is 52.6 Å². The maximum Gasteiger partial charge on any atom is 0.223 e. The summed E-state index contributed by atoms with van der Waals surface area (Å²) in [6, 6.07) is 17.2. The summed E-state index contributed by atoms with van der Waals surface area (Å²) in [5.41, 5.74) is 0. The molecule has 2 nitrogen and oxygen atoms in total. The van der Waals surface area contributed by atoms with Crippen molar-refractivity contribution in [3.05, 3.63) is 60.7 Å². The van der Waals surface area contributed by atoms with Crippen LogP contribution < -0.4 is 10.6 Å². The Morgan fingerprint density at radius 3 is 1.50 bits per heavy atom. The zero-order chi connectivity index (χ0) is 14.8. The second-order valence-electron chi connectivity index (χ2n) is 4.24. The number of aliphatic hydroxyl groups excluding tert-OH is 1. The molecule has 0 saturated carbocycles. The molecule has 0 heterocycles. The van der Waals surface area contributed by atoms with Gasteiger partial charge in [-0.25, -0.2) is 0 Å². The molecule has 0 bridgehead atoms. The fourth-order valence-electron chi connectivity index (χ4n) is 1.94. The summed E-state index contributed by atoms with van der Waals surface area (Å²) in [7, 11) is -3.48. The lowest BCUT2D eigenvalue weighted by molar-refractivity contribution is 0.255. The van der Waals surface area contributed by atoms with Gasteiger partial charge in [0.2, 0.25) is 3.79 Å². The molecule has 2 aromatic rings. The molecular weight excluding hydrogens is 337 g/mol. The van der Waals surface area contributed by atoms with Gasteiger partial charge in [0.05, 0.1) is 0 Å². The van der Waals surface area contributed by atoms with Crippen LogP contribution in [0.25, 0.3) is 0 Å². The number of hydrogen-bond acceptors (Lipinski definition) is 2. The van der Waals surface area contributed by atoms with E-state index < -0.39 is 16.8 Å². The molecule has 1 atom stereocenters. The summed E-state index contributed by atoms with van der Waals surface area (Å²) in [4.78, 5) is 0. The molecule has 0 aliphatic carbocycles. The first-order valence-electron chi connectivity index (χ1n) is 5.82. The quantitative estimate of drug-likeness (QED) is 0.678. The molecule has 1 N–H and O–H groups in total. The van der Waals surface area contributed by atoms with Crippen molar-refractivity contribution in [2.24, 2.45) is 0 Å². The summed E-state index contributed by atoms with van der Waals surface area (Å²) < 4.78 is 11.4. The minimum atomic E-state index is -3.48. The molecule has 0 fully saturated rings. The number of rotatable bonds is 3. The van der Waals surface area contributed by atoms with Crippen molar-refractivity contribution in [3.8, 4) is 0 Å². The third kappa shape index (κ3) is 3.05. The lowest BCUT2D eigenvalue weighted by Gasteiger charge is -2.29. The van der Waals surface area contributed by atoms with Gasteiger partial charge in [-0.05, 0) is 0 Å². The molecule has 2 rings (SSSR count). The third-order valence-electron chi connectivity index (χ3n) is 2.92. The van der Waals surface area contributed by atoms with Crippen molar-refractivity contribution in [2.75, 3.05) is 0 Å². The Kier molecular flexibility index (Phi) is 4.84. The molecule has 0 aromatic heterocycles. The molecule has 0 unspecified atom stereocenters. The Bertz CT molecular complexity index is 568. The van der Waals surface area contributed by atoms with Crippen molar-refractivity contribution in [2.45, 2.75) is 9.64 Å². The molecule has 0 saturated heterocycles. The first-order chi connectivity index (χ1) is 9.37. The first-order valence-corrected chi connectivity index (χ1v) is 8.73. The summed E-state index contributed by atoms with van der Waals surface area (Å²) in [6.45, 7) is 0. The Hall–Kier alpha value is -0.500. The third-order valence-corrected chi connectivity index (χ3v) is 7.20. The molecule has 2 aromatic carbocycles. The predicted molar refractivity (Wildman–Crippen MR) is 86.1 cm³/mol. The van der Waals surface area contributed by atoms with Crippen LogP contribution in [0.1, 0.15) is 0 Å². The SMILES string of the molecule is O=P(c1ccccc1)(c1ccccc1)[C@@H](O)C(Cl)(Cl)Cl. The average molecular weight is 350 g/mol. The van der Waals surface area contributed by atoms with Crippen LogP contribution in [-0.2, 0) is 4.57 Å². The largest absolute Gasteiger partial charge is 0.380 e. The molecule has 0 aliphatic heterocycles. The van der Waals surface area contributed by atoms with Crippen LogP contribution in [-0.4, -0.2) is 14.7 Å². The monoisotopic (exact) mass is 348 g/mol. The lowest BCUT2D eigenvalue weighted by Crippen LogP contribution is -2.34. The highest BCUT2D eigenvalue weighted by Crippen LogP contribution is 2.55. The summed E-state index contributed by atoms with van der Waals surface area (Å²) in [5.74, 6) is -1.62. The molecule has 0 spiro atoms. The summed E-state index contributed by atoms with van der Waals surface area (Å²) in [6.07, 6.45) is 0. The van der Waals surface area contributed by atoms with Crippen molar-refractivity contribution in [3.63, 3.8) is 0 Å². The Labute approximate surface area is 132 Å². The van der Waals surface area contributed by atoms with E-state index in [1.54, 1.807) is 60.7 Å². The van der Waals surface area contributed by atoms with Crippen LogP contribution in [0.4, 0.5) is 0 Å². The number of aliphatic hydroxyl groups is 1. The van der Waals surface area contributed by atoms with Crippen LogP contribution in [0, 0.1) is 0 Å². The van der Waals surface area contributed by atoms with Gasteiger partial charge in [-0.3, -0.25) is 0 Å². The van der Waals surface area contributed by atoms with Crippen molar-refractivity contribution in [1.82, 2.24) is 0 Å². The number of benzene rings is 2. The highest BCUT2D eigenvalue weighted by molar-refractivity contribution is 7.79. The normalized spacial score (nSPS) is 14.0. The van der Waals surface area contributed by atoms with Crippen LogP contribution in [0.2, 0.25) is 0 Å². The second kappa shape index (κ2) is 6.09. The first kappa shape index (κ1) is 15.9. The topological polar surface area (TPSA) is 37.3 Å². The number of halogens is 3. The van der Waals surface area contributed by atoms with Crippen LogP contribution in [0.15, 0.2) is 60.7 Å². The van der Waals surface area contributed by atoms with E-state index in [9.17, 15) is 9.67 Å². The second-order valence-corrected chi connectivity index (χ2v) is 9.45. The molecule has 0 radical (unpaired) electrons. The predicted octanol–water partition coefficient (Wildman–Crippen LogP) is 3.69. The van der Waals surface area contributed by atoms with Crippen LogP contribution >= 0.6 is 41.9 Å². The number of hydrogen-bond donors (Lipinski definition) is 1. The summed E-state index contributed by atoms with van der Waals surface area (Å²) in [5, 5.41) is 11.3. The van der Waals surface area contributed by atoms with Gasteiger partial charge in [-0.2, -0.15) is 0 Å².